The van der Waals surface area contributed by atoms with Crippen molar-refractivity contribution in [1.82, 2.24) is 9.62 Å². The summed E-state index contributed by atoms with van der Waals surface area (Å²) < 4.78 is 38.3. The van der Waals surface area contributed by atoms with Crippen molar-refractivity contribution in [3.63, 3.8) is 0 Å². The summed E-state index contributed by atoms with van der Waals surface area (Å²) in [4.78, 5) is 0. The van der Waals surface area contributed by atoms with Gasteiger partial charge in [-0.25, -0.2) is 17.1 Å². The molecule has 0 aliphatic carbocycles. The number of piperidine rings is 1. The fourth-order valence-electron chi connectivity index (χ4n) is 2.65. The number of hydrogen-bond acceptors (Lipinski definition) is 3. The molecular formula is C14H20BrFN2O2S. The van der Waals surface area contributed by atoms with Gasteiger partial charge in [0.15, 0.2) is 0 Å². The number of nitrogens with zero attached hydrogens (tertiary/aromatic N) is 1. The maximum absolute atomic E-state index is 13.1. The minimum absolute atomic E-state index is 0.0785. The van der Waals surface area contributed by atoms with Crippen LogP contribution in [0.4, 0.5) is 4.39 Å². The van der Waals surface area contributed by atoms with Crippen molar-refractivity contribution < 1.29 is 12.8 Å². The first-order valence-corrected chi connectivity index (χ1v) is 9.57. The van der Waals surface area contributed by atoms with Gasteiger partial charge in [-0.05, 0) is 37.5 Å². The van der Waals surface area contributed by atoms with E-state index in [2.05, 4.69) is 21.2 Å². The Kier molecular flexibility index (Phi) is 5.40. The summed E-state index contributed by atoms with van der Waals surface area (Å²) in [5.74, 6) is -0.265. The Morgan fingerprint density at radius 2 is 2.00 bits per heavy atom. The van der Waals surface area contributed by atoms with E-state index in [1.54, 1.807) is 6.07 Å². The van der Waals surface area contributed by atoms with Crippen LogP contribution in [0.1, 0.15) is 31.4 Å². The van der Waals surface area contributed by atoms with E-state index >= 15 is 0 Å². The average molecular weight is 379 g/mol. The normalized spacial score (nSPS) is 19.6. The van der Waals surface area contributed by atoms with Crippen LogP contribution in [-0.4, -0.2) is 38.1 Å². The van der Waals surface area contributed by atoms with Crippen LogP contribution in [0.5, 0.6) is 0 Å². The van der Waals surface area contributed by atoms with E-state index in [9.17, 15) is 12.8 Å². The largest absolute Gasteiger partial charge is 0.307 e. The second kappa shape index (κ2) is 6.73. The number of rotatable bonds is 4. The lowest BCUT2D eigenvalue weighted by atomic mass is 10.0. The third-order valence-corrected chi connectivity index (χ3v) is 5.83. The summed E-state index contributed by atoms with van der Waals surface area (Å²) in [5.41, 5.74) is 1.00. The third-order valence-electron chi connectivity index (χ3n) is 3.84. The fourth-order valence-corrected chi connectivity index (χ4v) is 4.22. The molecule has 1 N–H and O–H groups in total. The molecule has 7 heteroatoms. The molecule has 0 bridgehead atoms. The Morgan fingerprint density at radius 3 is 2.52 bits per heavy atom. The van der Waals surface area contributed by atoms with Crippen molar-refractivity contribution in [2.45, 2.75) is 31.8 Å². The lowest BCUT2D eigenvalue weighted by Crippen LogP contribution is -2.45. The zero-order chi connectivity index (χ0) is 15.6. The van der Waals surface area contributed by atoms with Crippen LogP contribution < -0.4 is 5.32 Å². The van der Waals surface area contributed by atoms with E-state index in [0.717, 1.165) is 22.9 Å². The first kappa shape index (κ1) is 16.9. The van der Waals surface area contributed by atoms with Gasteiger partial charge in [0.1, 0.15) is 5.82 Å². The highest BCUT2D eigenvalue weighted by Crippen LogP contribution is 2.25. The maximum Gasteiger partial charge on any atom is 0.211 e. The van der Waals surface area contributed by atoms with Gasteiger partial charge in [0.25, 0.3) is 0 Å². The molecule has 0 spiro atoms. The number of hydrogen-bond donors (Lipinski definition) is 1. The van der Waals surface area contributed by atoms with E-state index in [1.807, 2.05) is 6.92 Å². The van der Waals surface area contributed by atoms with Gasteiger partial charge in [0, 0.05) is 29.6 Å². The van der Waals surface area contributed by atoms with Crippen LogP contribution in [0.3, 0.4) is 0 Å². The minimum Gasteiger partial charge on any atom is -0.307 e. The Labute approximate surface area is 133 Å². The smallest absolute Gasteiger partial charge is 0.211 e. The van der Waals surface area contributed by atoms with Gasteiger partial charge in [0.2, 0.25) is 10.0 Å². The number of halogens is 2. The summed E-state index contributed by atoms with van der Waals surface area (Å²) in [6, 6.07) is 5.03. The van der Waals surface area contributed by atoms with Crippen molar-refractivity contribution in [2.75, 3.05) is 19.3 Å². The zero-order valence-corrected chi connectivity index (χ0v) is 14.5. The Balaban J connectivity index is 1.94. The van der Waals surface area contributed by atoms with E-state index in [4.69, 9.17) is 0 Å². The monoisotopic (exact) mass is 378 g/mol. The van der Waals surface area contributed by atoms with Crippen molar-refractivity contribution in [2.24, 2.45) is 0 Å². The van der Waals surface area contributed by atoms with Crippen molar-refractivity contribution in [3.05, 3.63) is 34.1 Å². The SMILES string of the molecule is CC(NC1CCN(S(C)(=O)=O)CC1)c1ccc(F)cc1Br. The minimum atomic E-state index is -3.09. The van der Waals surface area contributed by atoms with E-state index < -0.39 is 10.0 Å². The van der Waals surface area contributed by atoms with Crippen LogP contribution in [0, 0.1) is 5.82 Å². The zero-order valence-electron chi connectivity index (χ0n) is 12.1. The molecule has 0 saturated carbocycles. The highest BCUT2D eigenvalue weighted by Gasteiger charge is 2.26. The molecule has 21 heavy (non-hydrogen) atoms. The molecule has 0 radical (unpaired) electrons. The predicted molar refractivity (Wildman–Crippen MR) is 85.1 cm³/mol. The first-order chi connectivity index (χ1) is 9.77. The summed E-state index contributed by atoms with van der Waals surface area (Å²) in [7, 11) is -3.09. The average Bonchev–Trinajstić information content (AvgIpc) is 2.38. The molecule has 1 aromatic rings. The number of benzene rings is 1. The summed E-state index contributed by atoms with van der Waals surface area (Å²) in [6.45, 7) is 3.13. The van der Waals surface area contributed by atoms with Gasteiger partial charge in [-0.3, -0.25) is 0 Å². The van der Waals surface area contributed by atoms with Crippen LogP contribution in [-0.2, 0) is 10.0 Å². The lowest BCUT2D eigenvalue weighted by Gasteiger charge is -2.32. The molecule has 1 fully saturated rings. The highest BCUT2D eigenvalue weighted by molar-refractivity contribution is 9.10. The Morgan fingerprint density at radius 1 is 1.38 bits per heavy atom. The summed E-state index contributed by atoms with van der Waals surface area (Å²) in [5, 5.41) is 3.49. The van der Waals surface area contributed by atoms with Gasteiger partial charge in [-0.2, -0.15) is 0 Å². The van der Waals surface area contributed by atoms with Crippen molar-refractivity contribution >= 4 is 26.0 Å². The van der Waals surface area contributed by atoms with Crippen LogP contribution in [0.2, 0.25) is 0 Å². The number of sulfonamides is 1. The second-order valence-corrected chi connectivity index (χ2v) is 8.33. The molecule has 0 aromatic heterocycles. The molecule has 1 saturated heterocycles. The Hall–Kier alpha value is -0.500. The fraction of sp³-hybridized carbons (Fsp3) is 0.571. The van der Waals surface area contributed by atoms with Crippen molar-refractivity contribution in [1.29, 1.82) is 0 Å². The molecule has 4 nitrogen and oxygen atoms in total. The van der Waals surface area contributed by atoms with Crippen LogP contribution >= 0.6 is 15.9 Å². The van der Waals surface area contributed by atoms with Crippen molar-refractivity contribution in [3.8, 4) is 0 Å². The quantitative estimate of drug-likeness (QED) is 0.875. The molecule has 1 aliphatic rings. The third kappa shape index (κ3) is 4.48. The molecule has 1 unspecified atom stereocenters. The molecule has 1 heterocycles. The number of nitrogens with one attached hydrogen (secondary N) is 1. The van der Waals surface area contributed by atoms with Crippen LogP contribution in [0.25, 0.3) is 0 Å². The van der Waals surface area contributed by atoms with Gasteiger partial charge in [0.05, 0.1) is 6.26 Å². The Bertz CT molecular complexity index is 601. The topological polar surface area (TPSA) is 49.4 Å². The molecule has 118 valence electrons. The van der Waals surface area contributed by atoms with E-state index in [1.165, 1.54) is 22.7 Å². The molecule has 1 atom stereocenters. The molecule has 0 amide bonds. The highest BCUT2D eigenvalue weighted by atomic mass is 79.9. The van der Waals surface area contributed by atoms with Gasteiger partial charge >= 0.3 is 0 Å². The summed E-state index contributed by atoms with van der Waals surface area (Å²) >= 11 is 3.38. The van der Waals surface area contributed by atoms with Gasteiger partial charge in [-0.15, -0.1) is 0 Å². The summed E-state index contributed by atoms with van der Waals surface area (Å²) in [6.07, 6.45) is 2.82. The molecule has 1 aliphatic heterocycles. The second-order valence-electron chi connectivity index (χ2n) is 5.49. The van der Waals surface area contributed by atoms with E-state index in [0.29, 0.717) is 13.1 Å². The van der Waals surface area contributed by atoms with Gasteiger partial charge in [-0.1, -0.05) is 22.0 Å². The lowest BCUT2D eigenvalue weighted by molar-refractivity contribution is 0.278. The standard InChI is InChI=1S/C14H20BrFN2O2S/c1-10(13-4-3-11(16)9-14(13)15)17-12-5-7-18(8-6-12)21(2,19)20/h3-4,9-10,12,17H,5-8H2,1-2H3. The molecule has 1 aromatic carbocycles. The molecular weight excluding hydrogens is 359 g/mol. The van der Waals surface area contributed by atoms with Crippen LogP contribution in [0.15, 0.2) is 22.7 Å². The van der Waals surface area contributed by atoms with Gasteiger partial charge < -0.3 is 5.32 Å². The predicted octanol–water partition coefficient (Wildman–Crippen LogP) is 2.66. The first-order valence-electron chi connectivity index (χ1n) is 6.93. The van der Waals surface area contributed by atoms with E-state index in [-0.39, 0.29) is 17.9 Å². The molecule has 2 rings (SSSR count). The maximum atomic E-state index is 13.1.